The van der Waals surface area contributed by atoms with Crippen molar-refractivity contribution in [2.24, 2.45) is 0 Å². The quantitative estimate of drug-likeness (QED) is 0.354. The molecule has 0 fully saturated rings. The number of hydrogen-bond acceptors (Lipinski definition) is 1. The topological polar surface area (TPSA) is 37.3 Å². The zero-order chi connectivity index (χ0) is 13.5. The van der Waals surface area contributed by atoms with Gasteiger partial charge in [-0.2, -0.15) is 0 Å². The van der Waals surface area contributed by atoms with Crippen molar-refractivity contribution in [3.63, 3.8) is 0 Å². The molecule has 19 heavy (non-hydrogen) atoms. The molecule has 3 heteroatoms. The zero-order valence-electron chi connectivity index (χ0n) is 12.6. The third kappa shape index (κ3) is 20.6. The van der Waals surface area contributed by atoms with Crippen LogP contribution in [0.2, 0.25) is 0 Å². The predicted molar refractivity (Wildman–Crippen MR) is 77.9 cm³/mol. The summed E-state index contributed by atoms with van der Waals surface area (Å²) in [6.07, 6.45) is 17.3. The van der Waals surface area contributed by atoms with E-state index in [0.29, 0.717) is 6.42 Å². The van der Waals surface area contributed by atoms with E-state index in [4.69, 9.17) is 5.11 Å². The van der Waals surface area contributed by atoms with Gasteiger partial charge >= 0.3 is 5.97 Å². The van der Waals surface area contributed by atoms with Crippen LogP contribution in [0.15, 0.2) is 0 Å². The Kier molecular flexibility index (Phi) is 20.4. The van der Waals surface area contributed by atoms with E-state index in [1.54, 1.807) is 0 Å². The Hall–Kier alpha value is 0.119. The number of hydrogen-bond donors (Lipinski definition) is 1. The Labute approximate surface area is 133 Å². The van der Waals surface area contributed by atoms with Gasteiger partial charge in [0.15, 0.2) is 0 Å². The van der Waals surface area contributed by atoms with Crippen LogP contribution >= 0.6 is 0 Å². The molecule has 0 atom stereocenters. The summed E-state index contributed by atoms with van der Waals surface area (Å²) in [4.78, 5) is 10.3. The molecule has 0 aliphatic carbocycles. The van der Waals surface area contributed by atoms with Crippen molar-refractivity contribution in [3.8, 4) is 0 Å². The Morgan fingerprint density at radius 2 is 1.00 bits per heavy atom. The molecular weight excluding hydrogens is 416 g/mol. The summed E-state index contributed by atoms with van der Waals surface area (Å²) in [7, 11) is 0. The SMILES string of the molecule is CCCCCCCCCCCCCCCC(=O)O.[Ir]. The van der Waals surface area contributed by atoms with Gasteiger partial charge in [0.05, 0.1) is 0 Å². The summed E-state index contributed by atoms with van der Waals surface area (Å²) in [6.45, 7) is 2.26. The van der Waals surface area contributed by atoms with Gasteiger partial charge in [-0.15, -0.1) is 0 Å². The summed E-state index contributed by atoms with van der Waals surface area (Å²) in [5, 5.41) is 8.49. The molecule has 0 aliphatic rings. The van der Waals surface area contributed by atoms with Crippen LogP contribution in [0.3, 0.4) is 0 Å². The fourth-order valence-corrected chi connectivity index (χ4v) is 2.29. The first-order valence-electron chi connectivity index (χ1n) is 7.99. The first-order chi connectivity index (χ1) is 8.77. The predicted octanol–water partition coefficient (Wildman–Crippen LogP) is 5.55. The maximum atomic E-state index is 10.3. The number of carboxylic acids is 1. The standard InChI is InChI=1S/C16H32O2.Ir/c1-2-3-4-5-6-7-8-9-10-11-12-13-14-15-16(17)18;/h2-15H2,1H3,(H,17,18);. The normalized spacial score (nSPS) is 10.2. The third-order valence-corrected chi connectivity index (χ3v) is 3.49. The fraction of sp³-hybridized carbons (Fsp3) is 0.938. The van der Waals surface area contributed by atoms with Crippen LogP contribution in [0.4, 0.5) is 0 Å². The average Bonchev–Trinajstić information content (AvgIpc) is 2.34. The van der Waals surface area contributed by atoms with Crippen molar-refractivity contribution in [3.05, 3.63) is 0 Å². The van der Waals surface area contributed by atoms with E-state index < -0.39 is 5.97 Å². The van der Waals surface area contributed by atoms with Crippen LogP contribution < -0.4 is 0 Å². The molecule has 1 N–H and O–H groups in total. The molecule has 1 radical (unpaired) electrons. The number of rotatable bonds is 14. The summed E-state index contributed by atoms with van der Waals surface area (Å²) in [5.41, 5.74) is 0. The number of carboxylic acid groups (broad SMARTS) is 1. The van der Waals surface area contributed by atoms with Gasteiger partial charge in [0.25, 0.3) is 0 Å². The molecule has 117 valence electrons. The summed E-state index contributed by atoms with van der Waals surface area (Å²) in [6, 6.07) is 0. The van der Waals surface area contributed by atoms with Crippen molar-refractivity contribution in [1.82, 2.24) is 0 Å². The van der Waals surface area contributed by atoms with Crippen LogP contribution in [0.25, 0.3) is 0 Å². The second-order valence-electron chi connectivity index (χ2n) is 5.39. The van der Waals surface area contributed by atoms with Gasteiger partial charge in [-0.05, 0) is 6.42 Å². The van der Waals surface area contributed by atoms with Crippen molar-refractivity contribution in [1.29, 1.82) is 0 Å². The second kappa shape index (κ2) is 18.1. The Bertz CT molecular complexity index is 184. The van der Waals surface area contributed by atoms with Crippen LogP contribution in [-0.2, 0) is 24.9 Å². The molecule has 0 spiro atoms. The first-order valence-corrected chi connectivity index (χ1v) is 7.99. The van der Waals surface area contributed by atoms with Crippen molar-refractivity contribution in [2.45, 2.75) is 96.8 Å². The molecule has 0 rings (SSSR count). The van der Waals surface area contributed by atoms with Gasteiger partial charge in [-0.25, -0.2) is 0 Å². The maximum Gasteiger partial charge on any atom is 0.303 e. The summed E-state index contributed by atoms with van der Waals surface area (Å²) < 4.78 is 0. The molecule has 0 heterocycles. The molecule has 0 aromatic rings. The molecule has 0 aliphatic heterocycles. The van der Waals surface area contributed by atoms with Crippen LogP contribution in [0, 0.1) is 0 Å². The van der Waals surface area contributed by atoms with Crippen LogP contribution in [-0.4, -0.2) is 11.1 Å². The molecule has 0 saturated carbocycles. The van der Waals surface area contributed by atoms with Gasteiger partial charge in [-0.3, -0.25) is 4.79 Å². The minimum absolute atomic E-state index is 0. The van der Waals surface area contributed by atoms with E-state index >= 15 is 0 Å². The molecular formula is C16H32IrO2. The van der Waals surface area contributed by atoms with Gasteiger partial charge in [0.2, 0.25) is 0 Å². The largest absolute Gasteiger partial charge is 0.481 e. The number of carbonyl (C=O) groups is 1. The molecule has 0 aromatic carbocycles. The minimum Gasteiger partial charge on any atom is -0.481 e. The maximum absolute atomic E-state index is 10.3. The number of aliphatic carboxylic acids is 1. The van der Waals surface area contributed by atoms with E-state index in [1.807, 2.05) is 0 Å². The van der Waals surface area contributed by atoms with E-state index in [2.05, 4.69) is 6.92 Å². The zero-order valence-corrected chi connectivity index (χ0v) is 15.0. The summed E-state index contributed by atoms with van der Waals surface area (Å²) in [5.74, 6) is -0.655. The van der Waals surface area contributed by atoms with Crippen molar-refractivity contribution in [2.75, 3.05) is 0 Å². The van der Waals surface area contributed by atoms with Crippen molar-refractivity contribution >= 4 is 5.97 Å². The Morgan fingerprint density at radius 1 is 0.684 bits per heavy atom. The van der Waals surface area contributed by atoms with E-state index in [9.17, 15) is 4.79 Å². The molecule has 0 saturated heterocycles. The second-order valence-corrected chi connectivity index (χ2v) is 5.39. The fourth-order valence-electron chi connectivity index (χ4n) is 2.29. The van der Waals surface area contributed by atoms with Gasteiger partial charge in [0, 0.05) is 26.5 Å². The Balaban J connectivity index is 0. The molecule has 0 amide bonds. The van der Waals surface area contributed by atoms with E-state index in [-0.39, 0.29) is 20.1 Å². The van der Waals surface area contributed by atoms with Gasteiger partial charge < -0.3 is 5.11 Å². The Morgan fingerprint density at radius 3 is 1.32 bits per heavy atom. The van der Waals surface area contributed by atoms with Crippen LogP contribution in [0.5, 0.6) is 0 Å². The molecule has 0 bridgehead atoms. The van der Waals surface area contributed by atoms with Gasteiger partial charge in [-0.1, -0.05) is 84.0 Å². The third-order valence-electron chi connectivity index (χ3n) is 3.49. The molecule has 2 nitrogen and oxygen atoms in total. The van der Waals surface area contributed by atoms with Gasteiger partial charge in [0.1, 0.15) is 0 Å². The van der Waals surface area contributed by atoms with Crippen LogP contribution in [0.1, 0.15) is 96.8 Å². The monoisotopic (exact) mass is 449 g/mol. The molecule has 0 unspecified atom stereocenters. The minimum atomic E-state index is -0.655. The van der Waals surface area contributed by atoms with Crippen molar-refractivity contribution < 1.29 is 30.0 Å². The van der Waals surface area contributed by atoms with E-state index in [0.717, 1.165) is 12.8 Å². The molecule has 0 aromatic heterocycles. The number of unbranched alkanes of at least 4 members (excludes halogenated alkanes) is 12. The first kappa shape index (κ1) is 21.4. The average molecular weight is 449 g/mol. The smallest absolute Gasteiger partial charge is 0.303 e. The summed E-state index contributed by atoms with van der Waals surface area (Å²) >= 11 is 0. The van der Waals surface area contributed by atoms with E-state index in [1.165, 1.54) is 70.6 Å².